The molecule has 1 amide bonds. The highest BCUT2D eigenvalue weighted by atomic mass is 16.5. The fourth-order valence-electron chi connectivity index (χ4n) is 1.56. The first kappa shape index (κ1) is 15.6. The van der Waals surface area contributed by atoms with Crippen molar-refractivity contribution in [3.8, 4) is 0 Å². The number of ether oxygens (including phenoxy) is 1. The minimum atomic E-state index is -0.158. The van der Waals surface area contributed by atoms with Crippen LogP contribution in [0, 0.1) is 0 Å². The predicted octanol–water partition coefficient (Wildman–Crippen LogP) is 1.60. The lowest BCUT2D eigenvalue weighted by atomic mass is 9.96. The second-order valence-electron chi connectivity index (χ2n) is 5.34. The number of nitrogens with one attached hydrogen (secondary N) is 1. The van der Waals surface area contributed by atoms with Crippen molar-refractivity contribution in [1.82, 2.24) is 20.1 Å². The summed E-state index contributed by atoms with van der Waals surface area (Å²) in [6.07, 6.45) is 0. The average Bonchev–Trinajstić information content (AvgIpc) is 2.83. The van der Waals surface area contributed by atoms with Gasteiger partial charge in [-0.1, -0.05) is 20.8 Å². The molecule has 0 fully saturated rings. The molecule has 6 nitrogen and oxygen atoms in total. The number of amides is 1. The number of aromatic nitrogens is 3. The number of H-pyrrole nitrogens is 1. The molecule has 0 saturated carbocycles. The van der Waals surface area contributed by atoms with E-state index in [1.165, 1.54) is 0 Å². The lowest BCUT2D eigenvalue weighted by Gasteiger charge is -2.19. The predicted molar refractivity (Wildman–Crippen MR) is 73.2 cm³/mol. The Morgan fingerprint density at radius 3 is 2.53 bits per heavy atom. The Kier molecular flexibility index (Phi) is 5.47. The number of hydrogen-bond acceptors (Lipinski definition) is 4. The second kappa shape index (κ2) is 6.65. The number of rotatable bonds is 6. The molecule has 1 heterocycles. The molecule has 0 bridgehead atoms. The van der Waals surface area contributed by atoms with Crippen molar-refractivity contribution in [3.63, 3.8) is 0 Å². The molecule has 0 unspecified atom stereocenters. The fraction of sp³-hybridized carbons (Fsp3) is 0.769. The molecule has 0 atom stereocenters. The molecule has 0 saturated heterocycles. The number of nitrogens with zero attached hydrogens (tertiary/aromatic N) is 3. The Morgan fingerprint density at radius 1 is 1.37 bits per heavy atom. The van der Waals surface area contributed by atoms with Gasteiger partial charge in [-0.2, -0.15) is 0 Å². The van der Waals surface area contributed by atoms with E-state index in [9.17, 15) is 4.79 Å². The monoisotopic (exact) mass is 268 g/mol. The highest BCUT2D eigenvalue weighted by Crippen LogP contribution is 2.17. The van der Waals surface area contributed by atoms with Gasteiger partial charge < -0.3 is 9.64 Å². The third kappa shape index (κ3) is 4.31. The zero-order valence-corrected chi connectivity index (χ0v) is 12.5. The Labute approximate surface area is 114 Å². The summed E-state index contributed by atoms with van der Waals surface area (Å²) < 4.78 is 5.27. The van der Waals surface area contributed by atoms with Gasteiger partial charge in [0.1, 0.15) is 5.82 Å². The molecule has 0 radical (unpaired) electrons. The summed E-state index contributed by atoms with van der Waals surface area (Å²) in [5.74, 6) is 0.786. The van der Waals surface area contributed by atoms with Crippen molar-refractivity contribution < 1.29 is 9.53 Å². The smallest absolute Gasteiger partial charge is 0.293 e. The molecular formula is C13H24N4O2. The Hall–Kier alpha value is -1.43. The summed E-state index contributed by atoms with van der Waals surface area (Å²) in [5.41, 5.74) is -0.145. The van der Waals surface area contributed by atoms with Gasteiger partial charge in [0.25, 0.3) is 5.91 Å². The van der Waals surface area contributed by atoms with Crippen LogP contribution in [-0.2, 0) is 10.2 Å². The molecule has 1 rings (SSSR count). The number of aromatic amines is 1. The van der Waals surface area contributed by atoms with E-state index < -0.39 is 0 Å². The summed E-state index contributed by atoms with van der Waals surface area (Å²) in [4.78, 5) is 18.2. The first-order valence-corrected chi connectivity index (χ1v) is 6.70. The van der Waals surface area contributed by atoms with Crippen LogP contribution in [0.4, 0.5) is 0 Å². The third-order valence-corrected chi connectivity index (χ3v) is 2.77. The molecule has 6 heteroatoms. The topological polar surface area (TPSA) is 71.1 Å². The number of carbonyl (C=O) groups excluding carboxylic acids is 1. The Bertz CT molecular complexity index is 409. The Morgan fingerprint density at radius 2 is 2.05 bits per heavy atom. The van der Waals surface area contributed by atoms with Crippen LogP contribution in [0.2, 0.25) is 0 Å². The normalized spacial score (nSPS) is 11.6. The van der Waals surface area contributed by atoms with E-state index in [-0.39, 0.29) is 17.1 Å². The fourth-order valence-corrected chi connectivity index (χ4v) is 1.56. The molecule has 0 spiro atoms. The van der Waals surface area contributed by atoms with Crippen LogP contribution in [0.25, 0.3) is 0 Å². The molecule has 0 aromatic carbocycles. The molecule has 108 valence electrons. The second-order valence-corrected chi connectivity index (χ2v) is 5.34. The SMILES string of the molecule is CCOCCN(CC)C(=O)c1n[nH]c(C(C)(C)C)n1. The van der Waals surface area contributed by atoms with Crippen LogP contribution in [0.15, 0.2) is 0 Å². The lowest BCUT2D eigenvalue weighted by Crippen LogP contribution is -2.34. The van der Waals surface area contributed by atoms with Crippen LogP contribution in [-0.4, -0.2) is 52.3 Å². The van der Waals surface area contributed by atoms with E-state index in [1.54, 1.807) is 4.90 Å². The molecule has 0 aliphatic rings. The lowest BCUT2D eigenvalue weighted by molar-refractivity contribution is 0.0658. The zero-order valence-electron chi connectivity index (χ0n) is 12.5. The van der Waals surface area contributed by atoms with Gasteiger partial charge in [0.15, 0.2) is 0 Å². The molecular weight excluding hydrogens is 244 g/mol. The van der Waals surface area contributed by atoms with Crippen molar-refractivity contribution in [1.29, 1.82) is 0 Å². The van der Waals surface area contributed by atoms with Gasteiger partial charge in [-0.15, -0.1) is 5.10 Å². The van der Waals surface area contributed by atoms with Gasteiger partial charge in [-0.05, 0) is 13.8 Å². The van der Waals surface area contributed by atoms with Crippen LogP contribution in [0.1, 0.15) is 51.1 Å². The molecule has 0 aliphatic heterocycles. The summed E-state index contributed by atoms with van der Waals surface area (Å²) in [5, 5.41) is 6.84. The molecule has 1 aromatic rings. The molecule has 19 heavy (non-hydrogen) atoms. The summed E-state index contributed by atoms with van der Waals surface area (Å²) in [7, 11) is 0. The van der Waals surface area contributed by atoms with Crippen LogP contribution >= 0.6 is 0 Å². The van der Waals surface area contributed by atoms with Crippen molar-refractivity contribution in [2.24, 2.45) is 0 Å². The highest BCUT2D eigenvalue weighted by molar-refractivity contribution is 5.90. The van der Waals surface area contributed by atoms with E-state index in [4.69, 9.17) is 4.74 Å². The van der Waals surface area contributed by atoms with Crippen molar-refractivity contribution in [2.45, 2.75) is 40.0 Å². The van der Waals surface area contributed by atoms with Crippen molar-refractivity contribution in [3.05, 3.63) is 11.6 Å². The van der Waals surface area contributed by atoms with Crippen LogP contribution < -0.4 is 0 Å². The maximum absolute atomic E-state index is 12.2. The first-order chi connectivity index (χ1) is 8.90. The van der Waals surface area contributed by atoms with Gasteiger partial charge in [0.2, 0.25) is 5.82 Å². The maximum Gasteiger partial charge on any atom is 0.293 e. The van der Waals surface area contributed by atoms with E-state index in [1.807, 2.05) is 34.6 Å². The van der Waals surface area contributed by atoms with Crippen molar-refractivity contribution >= 4 is 5.91 Å². The van der Waals surface area contributed by atoms with Gasteiger partial charge in [0.05, 0.1) is 6.61 Å². The molecule has 1 aromatic heterocycles. The zero-order chi connectivity index (χ0) is 14.5. The number of carbonyl (C=O) groups is 1. The highest BCUT2D eigenvalue weighted by Gasteiger charge is 2.23. The van der Waals surface area contributed by atoms with E-state index in [0.717, 1.165) is 5.82 Å². The standard InChI is InChI=1S/C13H24N4O2/c1-6-17(8-9-19-7-2)11(18)10-14-12(16-15-10)13(3,4)5/h6-9H2,1-5H3,(H,14,15,16). The molecule has 0 aliphatic carbocycles. The summed E-state index contributed by atoms with van der Waals surface area (Å²) >= 11 is 0. The van der Waals surface area contributed by atoms with Gasteiger partial charge in [-0.25, -0.2) is 4.98 Å². The minimum absolute atomic E-state index is 0.145. The van der Waals surface area contributed by atoms with E-state index in [0.29, 0.717) is 26.3 Å². The van der Waals surface area contributed by atoms with Gasteiger partial charge in [-0.3, -0.25) is 9.89 Å². The van der Waals surface area contributed by atoms with E-state index >= 15 is 0 Å². The van der Waals surface area contributed by atoms with Gasteiger partial charge in [0, 0.05) is 25.1 Å². The van der Waals surface area contributed by atoms with Crippen LogP contribution in [0.5, 0.6) is 0 Å². The first-order valence-electron chi connectivity index (χ1n) is 6.70. The Balaban J connectivity index is 2.72. The maximum atomic E-state index is 12.2. The minimum Gasteiger partial charge on any atom is -0.380 e. The van der Waals surface area contributed by atoms with Crippen LogP contribution in [0.3, 0.4) is 0 Å². The van der Waals surface area contributed by atoms with Crippen molar-refractivity contribution in [2.75, 3.05) is 26.3 Å². The summed E-state index contributed by atoms with van der Waals surface area (Å²) in [6.45, 7) is 12.3. The van der Waals surface area contributed by atoms with Gasteiger partial charge >= 0.3 is 0 Å². The number of likely N-dealkylation sites (N-methyl/N-ethyl adjacent to an activating group) is 1. The summed E-state index contributed by atoms with van der Waals surface area (Å²) in [6, 6.07) is 0. The number of hydrogen-bond donors (Lipinski definition) is 1. The van der Waals surface area contributed by atoms with E-state index in [2.05, 4.69) is 15.2 Å². The average molecular weight is 268 g/mol. The molecule has 1 N–H and O–H groups in total. The largest absolute Gasteiger partial charge is 0.380 e. The quantitative estimate of drug-likeness (QED) is 0.795. The third-order valence-electron chi connectivity index (χ3n) is 2.77.